The van der Waals surface area contributed by atoms with E-state index >= 15 is 0 Å². The lowest BCUT2D eigenvalue weighted by molar-refractivity contribution is -0.121. The van der Waals surface area contributed by atoms with E-state index in [0.717, 1.165) is 13.0 Å². The Hall–Kier alpha value is -0.0500. The van der Waals surface area contributed by atoms with Gasteiger partial charge in [0.05, 0.1) is 0 Å². The van der Waals surface area contributed by atoms with Crippen molar-refractivity contribution < 1.29 is 4.79 Å². The number of halogens is 1. The highest BCUT2D eigenvalue weighted by Gasteiger charge is 2.02. The van der Waals surface area contributed by atoms with E-state index in [1.165, 1.54) is 32.1 Å². The van der Waals surface area contributed by atoms with Crippen LogP contribution in [0, 0.1) is 0 Å². The quantitative estimate of drug-likeness (QED) is 0.506. The Morgan fingerprint density at radius 3 is 2.40 bits per heavy atom. The van der Waals surface area contributed by atoms with E-state index in [1.54, 1.807) is 0 Å². The molecule has 0 aromatic heterocycles. The highest BCUT2D eigenvalue weighted by molar-refractivity contribution is 9.09. The summed E-state index contributed by atoms with van der Waals surface area (Å²) in [6, 6.07) is 0. The number of amides is 1. The van der Waals surface area contributed by atoms with Crippen LogP contribution in [0.2, 0.25) is 0 Å². The number of hydrogen-bond acceptors (Lipinski definition) is 1. The molecule has 1 unspecified atom stereocenters. The molecule has 1 atom stereocenters. The van der Waals surface area contributed by atoms with Crippen molar-refractivity contribution in [3.63, 3.8) is 0 Å². The van der Waals surface area contributed by atoms with Gasteiger partial charge in [-0.15, -0.1) is 0 Å². The van der Waals surface area contributed by atoms with Crippen molar-refractivity contribution in [3.8, 4) is 0 Å². The molecule has 0 aromatic carbocycles. The van der Waals surface area contributed by atoms with Crippen LogP contribution in [-0.4, -0.2) is 17.3 Å². The average Bonchev–Trinajstić information content (AvgIpc) is 2.20. The lowest BCUT2D eigenvalue weighted by Gasteiger charge is -2.06. The first-order valence-electron chi connectivity index (χ1n) is 6.07. The van der Waals surface area contributed by atoms with Gasteiger partial charge in [0, 0.05) is 17.8 Å². The first-order valence-corrected chi connectivity index (χ1v) is 6.99. The monoisotopic (exact) mass is 277 g/mol. The van der Waals surface area contributed by atoms with Gasteiger partial charge in [0.2, 0.25) is 5.91 Å². The third kappa shape index (κ3) is 11.9. The number of carbonyl (C=O) groups is 1. The van der Waals surface area contributed by atoms with Gasteiger partial charge in [0.25, 0.3) is 0 Å². The fourth-order valence-electron chi connectivity index (χ4n) is 1.41. The van der Waals surface area contributed by atoms with E-state index in [-0.39, 0.29) is 5.91 Å². The van der Waals surface area contributed by atoms with Crippen molar-refractivity contribution in [2.45, 2.75) is 63.6 Å². The number of nitrogens with one attached hydrogen (secondary N) is 1. The molecule has 0 aliphatic rings. The van der Waals surface area contributed by atoms with Gasteiger partial charge < -0.3 is 5.32 Å². The molecule has 0 radical (unpaired) electrons. The second kappa shape index (κ2) is 10.5. The molecule has 0 aliphatic carbocycles. The fraction of sp³-hybridized carbons (Fsp3) is 0.917. The van der Waals surface area contributed by atoms with Gasteiger partial charge in [-0.25, -0.2) is 0 Å². The standard InChI is InChI=1S/C12H24BrNO/c1-3-4-5-6-7-8-9-12(15)14-10-11(2)13/h11H,3-10H2,1-2H3,(H,14,15). The SMILES string of the molecule is CCCCCCCCC(=O)NCC(C)Br. The number of carbonyl (C=O) groups excluding carboxylic acids is 1. The zero-order valence-corrected chi connectivity index (χ0v) is 11.6. The minimum Gasteiger partial charge on any atom is -0.355 e. The number of rotatable bonds is 9. The van der Waals surface area contributed by atoms with E-state index < -0.39 is 0 Å². The first-order chi connectivity index (χ1) is 7.16. The van der Waals surface area contributed by atoms with Crippen LogP contribution < -0.4 is 5.32 Å². The van der Waals surface area contributed by atoms with Crippen LogP contribution in [0.5, 0.6) is 0 Å². The third-order valence-electron chi connectivity index (χ3n) is 2.34. The van der Waals surface area contributed by atoms with Crippen molar-refractivity contribution in [2.75, 3.05) is 6.54 Å². The molecule has 1 N–H and O–H groups in total. The lowest BCUT2D eigenvalue weighted by atomic mass is 10.1. The molecular formula is C12H24BrNO. The summed E-state index contributed by atoms with van der Waals surface area (Å²) in [5.41, 5.74) is 0. The van der Waals surface area contributed by atoms with E-state index in [9.17, 15) is 4.79 Å². The van der Waals surface area contributed by atoms with E-state index in [0.29, 0.717) is 11.2 Å². The summed E-state index contributed by atoms with van der Waals surface area (Å²) in [5.74, 6) is 0.191. The summed E-state index contributed by atoms with van der Waals surface area (Å²) >= 11 is 3.40. The summed E-state index contributed by atoms with van der Waals surface area (Å²) in [5, 5.41) is 2.90. The molecule has 0 aromatic rings. The van der Waals surface area contributed by atoms with E-state index in [1.807, 2.05) is 6.92 Å². The maximum atomic E-state index is 11.3. The van der Waals surface area contributed by atoms with E-state index in [2.05, 4.69) is 28.2 Å². The molecule has 90 valence electrons. The highest BCUT2D eigenvalue weighted by Crippen LogP contribution is 2.06. The van der Waals surface area contributed by atoms with Crippen LogP contribution in [-0.2, 0) is 4.79 Å². The summed E-state index contributed by atoms with van der Waals surface area (Å²) in [7, 11) is 0. The van der Waals surface area contributed by atoms with Crippen molar-refractivity contribution in [3.05, 3.63) is 0 Å². The van der Waals surface area contributed by atoms with Crippen molar-refractivity contribution >= 4 is 21.8 Å². The molecule has 15 heavy (non-hydrogen) atoms. The Bertz CT molecular complexity index is 160. The molecular weight excluding hydrogens is 254 g/mol. The van der Waals surface area contributed by atoms with Gasteiger partial charge >= 0.3 is 0 Å². The Morgan fingerprint density at radius 2 is 1.80 bits per heavy atom. The van der Waals surface area contributed by atoms with Gasteiger partial charge in [-0.1, -0.05) is 61.9 Å². The predicted molar refractivity (Wildman–Crippen MR) is 69.4 cm³/mol. The second-order valence-electron chi connectivity index (χ2n) is 4.10. The minimum absolute atomic E-state index is 0.191. The lowest BCUT2D eigenvalue weighted by Crippen LogP contribution is -2.27. The van der Waals surface area contributed by atoms with Crippen LogP contribution >= 0.6 is 15.9 Å². The minimum atomic E-state index is 0.191. The first kappa shape index (κ1) is 14.9. The molecule has 0 fully saturated rings. The van der Waals surface area contributed by atoms with Gasteiger partial charge in [-0.2, -0.15) is 0 Å². The number of alkyl halides is 1. The normalized spacial score (nSPS) is 12.5. The van der Waals surface area contributed by atoms with Crippen LogP contribution in [0.4, 0.5) is 0 Å². The summed E-state index contributed by atoms with van der Waals surface area (Å²) in [6.07, 6.45) is 8.11. The molecule has 0 aliphatic heterocycles. The van der Waals surface area contributed by atoms with Crippen LogP contribution in [0.1, 0.15) is 58.8 Å². The van der Waals surface area contributed by atoms with Gasteiger partial charge in [-0.05, 0) is 6.42 Å². The van der Waals surface area contributed by atoms with Crippen LogP contribution in [0.25, 0.3) is 0 Å². The summed E-state index contributed by atoms with van der Waals surface area (Å²) < 4.78 is 0. The van der Waals surface area contributed by atoms with E-state index in [4.69, 9.17) is 0 Å². The average molecular weight is 278 g/mol. The third-order valence-corrected chi connectivity index (χ3v) is 2.66. The Morgan fingerprint density at radius 1 is 1.20 bits per heavy atom. The molecule has 2 nitrogen and oxygen atoms in total. The molecule has 0 rings (SSSR count). The number of hydrogen-bond donors (Lipinski definition) is 1. The smallest absolute Gasteiger partial charge is 0.220 e. The maximum absolute atomic E-state index is 11.3. The Labute approximate surface area is 102 Å². The molecule has 0 spiro atoms. The molecule has 0 saturated heterocycles. The Kier molecular flexibility index (Phi) is 10.4. The topological polar surface area (TPSA) is 29.1 Å². The maximum Gasteiger partial charge on any atom is 0.220 e. The molecule has 3 heteroatoms. The predicted octanol–water partition coefficient (Wildman–Crippen LogP) is 3.64. The summed E-state index contributed by atoms with van der Waals surface area (Å²) in [4.78, 5) is 11.7. The van der Waals surface area contributed by atoms with Crippen LogP contribution in [0.3, 0.4) is 0 Å². The molecule has 1 amide bonds. The zero-order valence-electron chi connectivity index (χ0n) is 10.0. The molecule has 0 bridgehead atoms. The van der Waals surface area contributed by atoms with Crippen molar-refractivity contribution in [1.82, 2.24) is 5.32 Å². The number of unbranched alkanes of at least 4 members (excludes halogenated alkanes) is 5. The van der Waals surface area contributed by atoms with Crippen LogP contribution in [0.15, 0.2) is 0 Å². The van der Waals surface area contributed by atoms with Gasteiger partial charge in [0.1, 0.15) is 0 Å². The largest absolute Gasteiger partial charge is 0.355 e. The van der Waals surface area contributed by atoms with Gasteiger partial charge in [-0.3, -0.25) is 4.79 Å². The Balaban J connectivity index is 3.17. The fourth-order valence-corrected chi connectivity index (χ4v) is 1.57. The van der Waals surface area contributed by atoms with Gasteiger partial charge in [0.15, 0.2) is 0 Å². The molecule has 0 saturated carbocycles. The van der Waals surface area contributed by atoms with Crippen molar-refractivity contribution in [1.29, 1.82) is 0 Å². The summed E-state index contributed by atoms with van der Waals surface area (Å²) in [6.45, 7) is 4.98. The highest BCUT2D eigenvalue weighted by atomic mass is 79.9. The molecule has 0 heterocycles. The zero-order chi connectivity index (χ0) is 11.5. The van der Waals surface area contributed by atoms with Crippen molar-refractivity contribution in [2.24, 2.45) is 0 Å². The second-order valence-corrected chi connectivity index (χ2v) is 5.67.